The van der Waals surface area contributed by atoms with E-state index in [0.29, 0.717) is 31.7 Å². The summed E-state index contributed by atoms with van der Waals surface area (Å²) in [5.74, 6) is 0.978. The van der Waals surface area contributed by atoms with Gasteiger partial charge in [0.25, 0.3) is 0 Å². The Hall–Kier alpha value is -2.40. The Labute approximate surface area is 171 Å². The van der Waals surface area contributed by atoms with Gasteiger partial charge in [-0.3, -0.25) is 4.79 Å². The molecule has 154 valence electrons. The molecule has 0 aromatic heterocycles. The van der Waals surface area contributed by atoms with Gasteiger partial charge in [0.05, 0.1) is 12.7 Å². The van der Waals surface area contributed by atoms with Gasteiger partial charge < -0.3 is 14.4 Å². The second-order valence-electron chi connectivity index (χ2n) is 7.97. The largest absolute Gasteiger partial charge is 0.493 e. The molecule has 4 rings (SSSR count). The molecule has 1 saturated heterocycles. The quantitative estimate of drug-likeness (QED) is 0.631. The molecule has 2 aromatic rings. The summed E-state index contributed by atoms with van der Waals surface area (Å²) in [5, 5.41) is 0. The molecule has 2 aromatic carbocycles. The van der Waals surface area contributed by atoms with Crippen molar-refractivity contribution in [1.29, 1.82) is 0 Å². The van der Waals surface area contributed by atoms with Gasteiger partial charge in [-0.15, -0.1) is 0 Å². The van der Waals surface area contributed by atoms with Gasteiger partial charge in [-0.2, -0.15) is 0 Å². The third-order valence-corrected chi connectivity index (χ3v) is 5.56. The van der Waals surface area contributed by atoms with Gasteiger partial charge in [-0.25, -0.2) is 4.39 Å². The summed E-state index contributed by atoms with van der Waals surface area (Å²) in [6, 6.07) is 14.6. The molecular formula is C24H28FNO3. The lowest BCUT2D eigenvalue weighted by Crippen LogP contribution is -2.37. The number of hydrogen-bond acceptors (Lipinski definition) is 3. The Morgan fingerprint density at radius 3 is 2.76 bits per heavy atom. The van der Waals surface area contributed by atoms with Crippen molar-refractivity contribution in [2.45, 2.75) is 44.8 Å². The number of halogens is 1. The van der Waals surface area contributed by atoms with Crippen LogP contribution in [0.2, 0.25) is 0 Å². The van der Waals surface area contributed by atoms with Gasteiger partial charge in [-0.05, 0) is 55.0 Å². The summed E-state index contributed by atoms with van der Waals surface area (Å²) in [7, 11) is 0. The molecule has 1 aliphatic heterocycles. The van der Waals surface area contributed by atoms with Crippen molar-refractivity contribution in [3.05, 3.63) is 65.5 Å². The summed E-state index contributed by atoms with van der Waals surface area (Å²) in [6.45, 7) is 2.43. The van der Waals surface area contributed by atoms with Crippen LogP contribution in [0.3, 0.4) is 0 Å². The highest BCUT2D eigenvalue weighted by molar-refractivity contribution is 5.81. The monoisotopic (exact) mass is 397 g/mol. The van der Waals surface area contributed by atoms with Gasteiger partial charge >= 0.3 is 0 Å². The topological polar surface area (TPSA) is 38.8 Å². The zero-order chi connectivity index (χ0) is 20.1. The van der Waals surface area contributed by atoms with E-state index in [1.54, 1.807) is 12.1 Å². The van der Waals surface area contributed by atoms with E-state index in [0.717, 1.165) is 43.6 Å². The Balaban J connectivity index is 1.35. The standard InChI is InChI=1S/C24H28FNO3/c25-23-9-2-1-6-19(23)12-14-29-21-7-3-5-18(15-21)16-26(24(27)20-10-11-20)17-22-8-4-13-28-22/h1-3,5-7,9,15,20,22H,4,8,10-14,16-17H2. The third kappa shape index (κ3) is 5.57. The molecule has 2 aliphatic rings. The Kier molecular flexibility index (Phi) is 6.45. The molecule has 4 nitrogen and oxygen atoms in total. The molecule has 1 aliphatic carbocycles. The van der Waals surface area contributed by atoms with Crippen molar-refractivity contribution in [2.24, 2.45) is 5.92 Å². The van der Waals surface area contributed by atoms with Crippen LogP contribution in [0.5, 0.6) is 5.75 Å². The van der Waals surface area contributed by atoms with Crippen LogP contribution in [-0.2, 0) is 22.5 Å². The molecule has 29 heavy (non-hydrogen) atoms. The predicted molar refractivity (Wildman–Crippen MR) is 109 cm³/mol. The molecule has 0 spiro atoms. The Morgan fingerprint density at radius 2 is 2.00 bits per heavy atom. The van der Waals surface area contributed by atoms with E-state index in [9.17, 15) is 9.18 Å². The van der Waals surface area contributed by atoms with Crippen molar-refractivity contribution in [3.8, 4) is 5.75 Å². The fourth-order valence-corrected chi connectivity index (χ4v) is 3.79. The summed E-state index contributed by atoms with van der Waals surface area (Å²) in [4.78, 5) is 14.7. The second-order valence-corrected chi connectivity index (χ2v) is 7.97. The molecule has 0 radical (unpaired) electrons. The first-order valence-corrected chi connectivity index (χ1v) is 10.5. The lowest BCUT2D eigenvalue weighted by Gasteiger charge is -2.26. The van der Waals surface area contributed by atoms with E-state index in [-0.39, 0.29) is 23.7 Å². The van der Waals surface area contributed by atoms with Crippen molar-refractivity contribution in [3.63, 3.8) is 0 Å². The molecule has 1 amide bonds. The SMILES string of the molecule is O=C(C1CC1)N(Cc1cccc(OCCc2ccccc2F)c1)CC1CCCO1. The van der Waals surface area contributed by atoms with E-state index in [4.69, 9.17) is 9.47 Å². The highest BCUT2D eigenvalue weighted by Crippen LogP contribution is 2.32. The first-order valence-electron chi connectivity index (χ1n) is 10.5. The number of carbonyl (C=O) groups excluding carboxylic acids is 1. The fourth-order valence-electron chi connectivity index (χ4n) is 3.79. The van der Waals surface area contributed by atoms with E-state index < -0.39 is 0 Å². The fraction of sp³-hybridized carbons (Fsp3) is 0.458. The van der Waals surface area contributed by atoms with Crippen molar-refractivity contribution in [1.82, 2.24) is 4.90 Å². The number of hydrogen-bond donors (Lipinski definition) is 0. The average Bonchev–Trinajstić information content (AvgIpc) is 3.45. The first-order chi connectivity index (χ1) is 14.2. The molecule has 1 unspecified atom stereocenters. The van der Waals surface area contributed by atoms with Crippen LogP contribution in [0.4, 0.5) is 4.39 Å². The Morgan fingerprint density at radius 1 is 1.14 bits per heavy atom. The minimum Gasteiger partial charge on any atom is -0.493 e. The summed E-state index contributed by atoms with van der Waals surface area (Å²) < 4.78 is 25.3. The van der Waals surface area contributed by atoms with E-state index in [1.165, 1.54) is 6.07 Å². The molecule has 1 saturated carbocycles. The molecule has 1 atom stereocenters. The number of rotatable bonds is 9. The number of carbonyl (C=O) groups is 1. The van der Waals surface area contributed by atoms with Gasteiger partial charge in [0, 0.05) is 32.0 Å². The normalized spacial score (nSPS) is 18.6. The van der Waals surface area contributed by atoms with Crippen molar-refractivity contribution < 1.29 is 18.7 Å². The van der Waals surface area contributed by atoms with Crippen LogP contribution in [0.25, 0.3) is 0 Å². The number of benzene rings is 2. The maximum atomic E-state index is 13.7. The zero-order valence-corrected chi connectivity index (χ0v) is 16.7. The minimum absolute atomic E-state index is 0.151. The molecular weight excluding hydrogens is 369 g/mol. The molecule has 1 heterocycles. The van der Waals surface area contributed by atoms with Crippen LogP contribution >= 0.6 is 0 Å². The van der Waals surface area contributed by atoms with Crippen LogP contribution in [0.15, 0.2) is 48.5 Å². The highest BCUT2D eigenvalue weighted by Gasteiger charge is 2.34. The van der Waals surface area contributed by atoms with Gasteiger partial charge in [-0.1, -0.05) is 30.3 Å². The van der Waals surface area contributed by atoms with E-state index in [2.05, 4.69) is 0 Å². The summed E-state index contributed by atoms with van der Waals surface area (Å²) in [5.41, 5.74) is 1.70. The van der Waals surface area contributed by atoms with E-state index >= 15 is 0 Å². The predicted octanol–water partition coefficient (Wildman–Crippen LogP) is 4.36. The molecule has 5 heteroatoms. The maximum Gasteiger partial charge on any atom is 0.226 e. The zero-order valence-electron chi connectivity index (χ0n) is 16.7. The van der Waals surface area contributed by atoms with Crippen LogP contribution in [0.1, 0.15) is 36.8 Å². The summed E-state index contributed by atoms with van der Waals surface area (Å²) in [6.07, 6.45) is 4.76. The van der Waals surface area contributed by atoms with Crippen molar-refractivity contribution >= 4 is 5.91 Å². The molecule has 0 bridgehead atoms. The average molecular weight is 397 g/mol. The van der Waals surface area contributed by atoms with E-state index in [1.807, 2.05) is 35.2 Å². The second kappa shape index (κ2) is 9.40. The molecule has 2 fully saturated rings. The smallest absolute Gasteiger partial charge is 0.226 e. The number of nitrogens with zero attached hydrogens (tertiary/aromatic N) is 1. The maximum absolute atomic E-state index is 13.7. The van der Waals surface area contributed by atoms with Gasteiger partial charge in [0.15, 0.2) is 0 Å². The lowest BCUT2D eigenvalue weighted by molar-refractivity contribution is -0.134. The van der Waals surface area contributed by atoms with Crippen molar-refractivity contribution in [2.75, 3.05) is 19.8 Å². The van der Waals surface area contributed by atoms with Crippen LogP contribution in [0, 0.1) is 11.7 Å². The van der Waals surface area contributed by atoms with Crippen LogP contribution < -0.4 is 4.74 Å². The first kappa shape index (κ1) is 19.9. The van der Waals surface area contributed by atoms with Gasteiger partial charge in [0.2, 0.25) is 5.91 Å². The third-order valence-electron chi connectivity index (χ3n) is 5.56. The van der Waals surface area contributed by atoms with Crippen LogP contribution in [-0.4, -0.2) is 36.7 Å². The minimum atomic E-state index is -0.201. The number of ether oxygens (including phenoxy) is 2. The summed E-state index contributed by atoms with van der Waals surface area (Å²) >= 11 is 0. The highest BCUT2D eigenvalue weighted by atomic mass is 19.1. The number of amides is 1. The molecule has 0 N–H and O–H groups in total. The van der Waals surface area contributed by atoms with Gasteiger partial charge in [0.1, 0.15) is 11.6 Å². The Bertz CT molecular complexity index is 830. The lowest BCUT2D eigenvalue weighted by atomic mass is 10.1.